The van der Waals surface area contributed by atoms with E-state index in [-0.39, 0.29) is 27.9 Å². The van der Waals surface area contributed by atoms with Crippen molar-refractivity contribution in [2.75, 3.05) is 0 Å². The Kier molecular flexibility index (Phi) is 12.7. The van der Waals surface area contributed by atoms with Crippen molar-refractivity contribution in [2.45, 2.75) is 213 Å². The molecular weight excluding hydrogens is 601 g/mol. The van der Waals surface area contributed by atoms with E-state index in [9.17, 15) is 0 Å². The molecule has 6 heteroatoms. The van der Waals surface area contributed by atoms with Gasteiger partial charge in [-0.3, -0.25) is 0 Å². The summed E-state index contributed by atoms with van der Waals surface area (Å²) < 4.78 is 20.6. The molecule has 0 radical (unpaired) electrons. The molecule has 0 aromatic rings. The van der Waals surface area contributed by atoms with Crippen LogP contribution >= 0.6 is 0 Å². The predicted octanol–water partition coefficient (Wildman–Crippen LogP) is 13.0. The molecule has 0 heterocycles. The Labute approximate surface area is 284 Å². The molecule has 262 valence electrons. The maximum atomic E-state index is 7.07. The van der Waals surface area contributed by atoms with E-state index in [0.717, 1.165) is 25.2 Å². The first-order valence-corrected chi connectivity index (χ1v) is 28.0. The Morgan fingerprint density at radius 1 is 0.756 bits per heavy atom. The van der Waals surface area contributed by atoms with Crippen LogP contribution in [0.3, 0.4) is 0 Å². The molecule has 1 spiro atoms. The number of rotatable bonds is 11. The average molecular weight is 677 g/mol. The molecule has 3 aliphatic rings. The number of hydrogen-bond acceptors (Lipinski definition) is 3. The molecule has 0 saturated heterocycles. The molecule has 0 aromatic heterocycles. The molecule has 3 rings (SSSR count). The van der Waals surface area contributed by atoms with Crippen molar-refractivity contribution < 1.29 is 13.3 Å². The van der Waals surface area contributed by atoms with E-state index in [1.165, 1.54) is 64.2 Å². The summed E-state index contributed by atoms with van der Waals surface area (Å²) in [6.07, 6.45) is 22.4. The zero-order chi connectivity index (χ0) is 34.1. The molecule has 0 amide bonds. The van der Waals surface area contributed by atoms with Crippen LogP contribution < -0.4 is 0 Å². The lowest BCUT2D eigenvalue weighted by molar-refractivity contribution is 0.0725. The van der Waals surface area contributed by atoms with Crippen LogP contribution in [0, 0.1) is 11.3 Å². The lowest BCUT2D eigenvalue weighted by atomic mass is 9.70. The normalized spacial score (nSPS) is 28.7. The highest BCUT2D eigenvalue weighted by molar-refractivity contribution is 6.74. The first kappa shape index (κ1) is 39.4. The van der Waals surface area contributed by atoms with Gasteiger partial charge in [0.2, 0.25) is 0 Å². The smallest absolute Gasteiger partial charge is 0.192 e. The lowest BCUT2D eigenvalue weighted by Crippen LogP contribution is -2.48. The molecule has 45 heavy (non-hydrogen) atoms. The van der Waals surface area contributed by atoms with Crippen molar-refractivity contribution >= 4 is 25.0 Å². The van der Waals surface area contributed by atoms with Gasteiger partial charge >= 0.3 is 0 Å². The Morgan fingerprint density at radius 3 is 1.80 bits per heavy atom. The molecular formula is C39H76O3Si3. The maximum absolute atomic E-state index is 7.07. The Bertz CT molecular complexity index is 999. The maximum Gasteiger partial charge on any atom is 0.192 e. The largest absolute Gasteiger partial charge is 0.414 e. The van der Waals surface area contributed by atoms with Crippen LogP contribution in [-0.2, 0) is 13.3 Å². The van der Waals surface area contributed by atoms with Gasteiger partial charge in [-0.1, -0.05) is 77.7 Å². The summed E-state index contributed by atoms with van der Waals surface area (Å²) in [5, 5.41) is 0.444. The van der Waals surface area contributed by atoms with Crippen LogP contribution in [0.25, 0.3) is 0 Å². The minimum absolute atomic E-state index is 0.0254. The van der Waals surface area contributed by atoms with Crippen LogP contribution in [0.4, 0.5) is 0 Å². The molecule has 0 unspecified atom stereocenters. The molecule has 3 nitrogen and oxygen atoms in total. The third kappa shape index (κ3) is 11.8. The van der Waals surface area contributed by atoms with Gasteiger partial charge in [-0.25, -0.2) is 0 Å². The molecule has 0 bridgehead atoms. The molecule has 3 saturated carbocycles. The summed E-state index contributed by atoms with van der Waals surface area (Å²) in [6.45, 7) is 35.4. The number of allylic oxidation sites excluding steroid dienone is 3. The molecule has 0 aliphatic heterocycles. The van der Waals surface area contributed by atoms with Crippen LogP contribution in [-0.4, -0.2) is 42.8 Å². The summed E-state index contributed by atoms with van der Waals surface area (Å²) in [7, 11) is -5.21. The highest BCUT2D eigenvalue weighted by Gasteiger charge is 2.44. The highest BCUT2D eigenvalue weighted by atomic mass is 28.4. The summed E-state index contributed by atoms with van der Waals surface area (Å²) >= 11 is 0. The van der Waals surface area contributed by atoms with Gasteiger partial charge in [-0.15, -0.1) is 0 Å². The van der Waals surface area contributed by atoms with Crippen LogP contribution in [0.1, 0.15) is 139 Å². The predicted molar refractivity (Wildman–Crippen MR) is 205 cm³/mol. The fraction of sp³-hybridized carbons (Fsp3) is 0.897. The second-order valence-electron chi connectivity index (χ2n) is 20.3. The van der Waals surface area contributed by atoms with Crippen LogP contribution in [0.15, 0.2) is 23.3 Å². The second kappa shape index (κ2) is 14.5. The van der Waals surface area contributed by atoms with Crippen molar-refractivity contribution in [2.24, 2.45) is 11.3 Å². The monoisotopic (exact) mass is 677 g/mol. The van der Waals surface area contributed by atoms with Crippen molar-refractivity contribution in [3.8, 4) is 0 Å². The Hall–Kier alpha value is 0.0106. The third-order valence-electron chi connectivity index (χ3n) is 12.2. The van der Waals surface area contributed by atoms with Crippen molar-refractivity contribution in [1.82, 2.24) is 0 Å². The van der Waals surface area contributed by atoms with Gasteiger partial charge in [0.05, 0.1) is 17.8 Å². The number of hydrogen-bond donors (Lipinski definition) is 0. The van der Waals surface area contributed by atoms with Crippen molar-refractivity contribution in [1.29, 1.82) is 0 Å². The second-order valence-corrected chi connectivity index (χ2v) is 34.2. The van der Waals surface area contributed by atoms with E-state index >= 15 is 0 Å². The Morgan fingerprint density at radius 2 is 1.29 bits per heavy atom. The van der Waals surface area contributed by atoms with E-state index in [4.69, 9.17) is 13.3 Å². The van der Waals surface area contributed by atoms with E-state index < -0.39 is 25.0 Å². The lowest BCUT2D eigenvalue weighted by Gasteiger charge is -2.45. The topological polar surface area (TPSA) is 27.7 Å². The van der Waals surface area contributed by atoms with Gasteiger partial charge in [-0.05, 0) is 152 Å². The fourth-order valence-corrected chi connectivity index (χ4v) is 12.5. The van der Waals surface area contributed by atoms with Crippen LogP contribution in [0.2, 0.25) is 55.9 Å². The molecule has 0 N–H and O–H groups in total. The SMILES string of the molecule is CC(C)(CCC[C@@H]1CC[C@@]2(CCC/C(=C\C=C3C[C@@H](O[Si](C)(C)C(C)(C)C)C[C@H](O[Si](C)(C)C(C)(C)C)C3)C2)C1)O[Si](C)(C)C. The quantitative estimate of drug-likeness (QED) is 0.204. The van der Waals surface area contributed by atoms with Gasteiger partial charge in [0.15, 0.2) is 25.0 Å². The van der Waals surface area contributed by atoms with E-state index in [1.807, 2.05) is 0 Å². The first-order chi connectivity index (χ1) is 20.3. The molecule has 3 fully saturated rings. The van der Waals surface area contributed by atoms with Gasteiger partial charge in [0, 0.05) is 0 Å². The summed E-state index contributed by atoms with van der Waals surface area (Å²) in [5.41, 5.74) is 3.84. The summed E-state index contributed by atoms with van der Waals surface area (Å²) in [5.74, 6) is 0.908. The highest BCUT2D eigenvalue weighted by Crippen LogP contribution is 2.54. The van der Waals surface area contributed by atoms with E-state index in [1.54, 1.807) is 11.1 Å². The average Bonchev–Trinajstić information content (AvgIpc) is 3.20. The van der Waals surface area contributed by atoms with Crippen molar-refractivity contribution in [3.05, 3.63) is 23.3 Å². The summed E-state index contributed by atoms with van der Waals surface area (Å²) in [6, 6.07) is 0. The van der Waals surface area contributed by atoms with Gasteiger partial charge in [-0.2, -0.15) is 0 Å². The summed E-state index contributed by atoms with van der Waals surface area (Å²) in [4.78, 5) is 0. The Balaban J connectivity index is 1.67. The first-order valence-electron chi connectivity index (χ1n) is 18.7. The zero-order valence-corrected chi connectivity index (χ0v) is 35.8. The van der Waals surface area contributed by atoms with E-state index in [0.29, 0.717) is 5.41 Å². The van der Waals surface area contributed by atoms with Crippen molar-refractivity contribution in [3.63, 3.8) is 0 Å². The molecule has 3 aliphatic carbocycles. The minimum Gasteiger partial charge on any atom is -0.414 e. The van der Waals surface area contributed by atoms with Gasteiger partial charge in [0.1, 0.15) is 0 Å². The van der Waals surface area contributed by atoms with Crippen LogP contribution in [0.5, 0.6) is 0 Å². The fourth-order valence-electron chi connectivity index (χ4n) is 8.01. The third-order valence-corrected chi connectivity index (χ3v) is 22.4. The van der Waals surface area contributed by atoms with Gasteiger partial charge in [0.25, 0.3) is 0 Å². The van der Waals surface area contributed by atoms with Gasteiger partial charge < -0.3 is 13.3 Å². The van der Waals surface area contributed by atoms with E-state index in [2.05, 4.69) is 113 Å². The standard InChI is InChI=1S/C39H76O3Si3/c1-36(2,3)44(12,13)40-34-26-33(27-35(28-34)41-45(14,15)37(4,5)6)21-20-31-19-17-24-39(29-31)25-22-32(30-39)18-16-23-38(7,8)42-43(9,10)11/h20-21,32,34-35H,16-19,22-30H2,1-15H3/b31-20+/t32-,34-,35-,39-/m1/s1. The zero-order valence-electron chi connectivity index (χ0n) is 32.8. The minimum atomic E-state index is -1.85. The molecule has 0 aromatic carbocycles. The molecule has 4 atom stereocenters.